The summed E-state index contributed by atoms with van der Waals surface area (Å²) in [6, 6.07) is 13.5. The molecule has 0 aliphatic heterocycles. The standard InChI is InChI=1S/C15H18N2O2/c1-12(10-14-8-5-9-19-14)17-15(18)11-16-13-6-3-2-4-7-13/h2-9,12,16H,10-11H2,1H3,(H,17,18). The summed E-state index contributed by atoms with van der Waals surface area (Å²) in [6.07, 6.45) is 2.34. The van der Waals surface area contributed by atoms with E-state index in [1.54, 1.807) is 6.26 Å². The number of nitrogens with one attached hydrogen (secondary N) is 2. The van der Waals surface area contributed by atoms with Crippen molar-refractivity contribution in [3.8, 4) is 0 Å². The third kappa shape index (κ3) is 4.50. The van der Waals surface area contributed by atoms with Crippen LogP contribution in [0.5, 0.6) is 0 Å². The van der Waals surface area contributed by atoms with Crippen molar-refractivity contribution in [1.29, 1.82) is 0 Å². The van der Waals surface area contributed by atoms with Crippen LogP contribution in [0.1, 0.15) is 12.7 Å². The SMILES string of the molecule is CC(Cc1ccco1)NC(=O)CNc1ccccc1. The molecule has 1 heterocycles. The molecule has 1 amide bonds. The maximum atomic E-state index is 11.8. The Morgan fingerprint density at radius 1 is 1.21 bits per heavy atom. The number of rotatable bonds is 6. The Kier molecular flexibility index (Phi) is 4.61. The maximum absolute atomic E-state index is 11.8. The lowest BCUT2D eigenvalue weighted by atomic mass is 10.2. The number of benzene rings is 1. The molecule has 2 N–H and O–H groups in total. The molecule has 0 fully saturated rings. The van der Waals surface area contributed by atoms with Gasteiger partial charge < -0.3 is 15.1 Å². The smallest absolute Gasteiger partial charge is 0.239 e. The van der Waals surface area contributed by atoms with Gasteiger partial charge in [0.1, 0.15) is 5.76 Å². The molecule has 0 bridgehead atoms. The summed E-state index contributed by atoms with van der Waals surface area (Å²) in [5.74, 6) is 0.853. The number of carbonyl (C=O) groups is 1. The number of amides is 1. The summed E-state index contributed by atoms with van der Waals surface area (Å²) in [7, 11) is 0. The molecule has 100 valence electrons. The van der Waals surface area contributed by atoms with Gasteiger partial charge in [0.25, 0.3) is 0 Å². The van der Waals surface area contributed by atoms with E-state index in [-0.39, 0.29) is 18.5 Å². The predicted molar refractivity (Wildman–Crippen MR) is 74.9 cm³/mol. The highest BCUT2D eigenvalue weighted by molar-refractivity contribution is 5.80. The van der Waals surface area contributed by atoms with E-state index < -0.39 is 0 Å². The average Bonchev–Trinajstić information content (AvgIpc) is 2.90. The molecular formula is C15H18N2O2. The number of anilines is 1. The van der Waals surface area contributed by atoms with Crippen LogP contribution >= 0.6 is 0 Å². The first-order valence-electron chi connectivity index (χ1n) is 6.34. The second kappa shape index (κ2) is 6.64. The van der Waals surface area contributed by atoms with Crippen molar-refractivity contribution in [3.05, 3.63) is 54.5 Å². The molecule has 4 nitrogen and oxygen atoms in total. The van der Waals surface area contributed by atoms with E-state index in [1.165, 1.54) is 0 Å². The lowest BCUT2D eigenvalue weighted by Crippen LogP contribution is -2.37. The first-order valence-corrected chi connectivity index (χ1v) is 6.34. The van der Waals surface area contributed by atoms with Crippen LogP contribution in [0.15, 0.2) is 53.1 Å². The molecule has 0 saturated carbocycles. The quantitative estimate of drug-likeness (QED) is 0.836. The van der Waals surface area contributed by atoms with Crippen LogP contribution in [0.3, 0.4) is 0 Å². The largest absolute Gasteiger partial charge is 0.469 e. The van der Waals surface area contributed by atoms with Gasteiger partial charge in [-0.1, -0.05) is 18.2 Å². The van der Waals surface area contributed by atoms with E-state index in [4.69, 9.17) is 4.42 Å². The Bertz CT molecular complexity index is 494. The van der Waals surface area contributed by atoms with E-state index in [2.05, 4.69) is 10.6 Å². The van der Waals surface area contributed by atoms with Crippen molar-refractivity contribution in [1.82, 2.24) is 5.32 Å². The number of hydrogen-bond acceptors (Lipinski definition) is 3. The topological polar surface area (TPSA) is 54.3 Å². The molecule has 2 aromatic rings. The Hall–Kier alpha value is -2.23. The zero-order valence-electron chi connectivity index (χ0n) is 10.9. The van der Waals surface area contributed by atoms with Crippen LogP contribution in [0.25, 0.3) is 0 Å². The van der Waals surface area contributed by atoms with Crippen LogP contribution < -0.4 is 10.6 Å². The van der Waals surface area contributed by atoms with Gasteiger partial charge in [-0.25, -0.2) is 0 Å². The maximum Gasteiger partial charge on any atom is 0.239 e. The minimum Gasteiger partial charge on any atom is -0.469 e. The lowest BCUT2D eigenvalue weighted by Gasteiger charge is -2.13. The van der Waals surface area contributed by atoms with Gasteiger partial charge in [0.2, 0.25) is 5.91 Å². The Balaban J connectivity index is 1.72. The Labute approximate surface area is 112 Å². The summed E-state index contributed by atoms with van der Waals surface area (Å²) in [6.45, 7) is 2.23. The van der Waals surface area contributed by atoms with Crippen LogP contribution in [-0.2, 0) is 11.2 Å². The zero-order chi connectivity index (χ0) is 13.5. The average molecular weight is 258 g/mol. The van der Waals surface area contributed by atoms with E-state index in [9.17, 15) is 4.79 Å². The third-order valence-electron chi connectivity index (χ3n) is 2.72. The fourth-order valence-corrected chi connectivity index (χ4v) is 1.85. The van der Waals surface area contributed by atoms with E-state index >= 15 is 0 Å². The summed E-state index contributed by atoms with van der Waals surface area (Å²) >= 11 is 0. The molecule has 1 aromatic carbocycles. The third-order valence-corrected chi connectivity index (χ3v) is 2.72. The van der Waals surface area contributed by atoms with Crippen LogP contribution in [-0.4, -0.2) is 18.5 Å². The molecule has 1 atom stereocenters. The van der Waals surface area contributed by atoms with Crippen molar-refractivity contribution in [2.75, 3.05) is 11.9 Å². The Morgan fingerprint density at radius 2 is 2.00 bits per heavy atom. The molecule has 2 rings (SSSR count). The number of para-hydroxylation sites is 1. The summed E-state index contributed by atoms with van der Waals surface area (Å²) < 4.78 is 5.25. The van der Waals surface area contributed by atoms with Gasteiger partial charge >= 0.3 is 0 Å². The molecule has 0 aliphatic carbocycles. The molecule has 1 unspecified atom stereocenters. The molecule has 0 spiro atoms. The molecule has 0 radical (unpaired) electrons. The molecular weight excluding hydrogens is 240 g/mol. The molecule has 0 aliphatic rings. The van der Waals surface area contributed by atoms with E-state index in [0.29, 0.717) is 6.42 Å². The highest BCUT2D eigenvalue weighted by Crippen LogP contribution is 2.05. The second-order valence-electron chi connectivity index (χ2n) is 4.47. The zero-order valence-corrected chi connectivity index (χ0v) is 10.9. The minimum atomic E-state index is -0.0251. The second-order valence-corrected chi connectivity index (χ2v) is 4.47. The first kappa shape index (κ1) is 13.2. The fraction of sp³-hybridized carbons (Fsp3) is 0.267. The van der Waals surface area contributed by atoms with E-state index in [0.717, 1.165) is 11.4 Å². The van der Waals surface area contributed by atoms with Gasteiger partial charge in [-0.3, -0.25) is 4.79 Å². The van der Waals surface area contributed by atoms with Crippen molar-refractivity contribution in [2.45, 2.75) is 19.4 Å². The molecule has 0 saturated heterocycles. The lowest BCUT2D eigenvalue weighted by molar-refractivity contribution is -0.120. The molecule has 1 aromatic heterocycles. The van der Waals surface area contributed by atoms with E-state index in [1.807, 2.05) is 49.4 Å². The summed E-state index contributed by atoms with van der Waals surface area (Å²) in [4.78, 5) is 11.8. The summed E-state index contributed by atoms with van der Waals surface area (Å²) in [5.41, 5.74) is 0.941. The Morgan fingerprint density at radius 3 is 2.68 bits per heavy atom. The minimum absolute atomic E-state index is 0.0251. The van der Waals surface area contributed by atoms with Gasteiger partial charge in [0.15, 0.2) is 0 Å². The number of hydrogen-bond donors (Lipinski definition) is 2. The van der Waals surface area contributed by atoms with Crippen LogP contribution in [0, 0.1) is 0 Å². The monoisotopic (exact) mass is 258 g/mol. The van der Waals surface area contributed by atoms with Gasteiger partial charge in [-0.15, -0.1) is 0 Å². The summed E-state index contributed by atoms with van der Waals surface area (Å²) in [5, 5.41) is 6.00. The van der Waals surface area contributed by atoms with Gasteiger partial charge in [-0.2, -0.15) is 0 Å². The molecule has 4 heteroatoms. The van der Waals surface area contributed by atoms with Crippen molar-refractivity contribution in [2.24, 2.45) is 0 Å². The van der Waals surface area contributed by atoms with Crippen molar-refractivity contribution < 1.29 is 9.21 Å². The van der Waals surface area contributed by atoms with Gasteiger partial charge in [0.05, 0.1) is 12.8 Å². The van der Waals surface area contributed by atoms with Crippen LogP contribution in [0.2, 0.25) is 0 Å². The van der Waals surface area contributed by atoms with Crippen molar-refractivity contribution >= 4 is 11.6 Å². The van der Waals surface area contributed by atoms with Crippen molar-refractivity contribution in [3.63, 3.8) is 0 Å². The first-order chi connectivity index (χ1) is 9.24. The molecule has 19 heavy (non-hydrogen) atoms. The fourth-order valence-electron chi connectivity index (χ4n) is 1.85. The highest BCUT2D eigenvalue weighted by Gasteiger charge is 2.09. The van der Waals surface area contributed by atoms with Gasteiger partial charge in [-0.05, 0) is 31.2 Å². The van der Waals surface area contributed by atoms with Crippen LogP contribution in [0.4, 0.5) is 5.69 Å². The highest BCUT2D eigenvalue weighted by atomic mass is 16.3. The normalized spacial score (nSPS) is 11.8. The van der Waals surface area contributed by atoms with Gasteiger partial charge in [0, 0.05) is 18.2 Å². The number of furan rings is 1. The number of carbonyl (C=O) groups excluding carboxylic acids is 1. The predicted octanol–water partition coefficient (Wildman–Crippen LogP) is 2.44.